The van der Waals surface area contributed by atoms with Gasteiger partial charge in [0.1, 0.15) is 5.75 Å². The van der Waals surface area contributed by atoms with Crippen molar-refractivity contribution in [1.29, 1.82) is 0 Å². The van der Waals surface area contributed by atoms with E-state index in [-0.39, 0.29) is 16.7 Å². The minimum absolute atomic E-state index is 0.0384. The van der Waals surface area contributed by atoms with Crippen LogP contribution in [0.2, 0.25) is 5.02 Å². The Kier molecular flexibility index (Phi) is 7.16. The Bertz CT molecular complexity index is 1260. The molecule has 1 heterocycles. The van der Waals surface area contributed by atoms with Crippen LogP contribution in [0.25, 0.3) is 5.69 Å². The fourth-order valence-corrected chi connectivity index (χ4v) is 4.14. The van der Waals surface area contributed by atoms with Gasteiger partial charge in [0, 0.05) is 10.6 Å². The quantitative estimate of drug-likeness (QED) is 0.332. The van der Waals surface area contributed by atoms with Crippen molar-refractivity contribution in [2.45, 2.75) is 17.3 Å². The molecular weight excluding hydrogens is 472 g/mol. The van der Waals surface area contributed by atoms with Crippen molar-refractivity contribution in [2.24, 2.45) is 0 Å². The molecule has 33 heavy (non-hydrogen) atoms. The average molecular weight is 488 g/mol. The van der Waals surface area contributed by atoms with Crippen LogP contribution >= 0.6 is 23.4 Å². The number of alkyl halides is 2. The number of carbonyl (C=O) groups excluding carboxylic acids is 1. The lowest BCUT2D eigenvalue weighted by atomic mass is 10.2. The maximum absolute atomic E-state index is 12.9. The topological polar surface area (TPSA) is 81.9 Å². The maximum atomic E-state index is 12.9. The second kappa shape index (κ2) is 10.4. The summed E-state index contributed by atoms with van der Waals surface area (Å²) in [6.45, 7) is -2.99. The highest BCUT2D eigenvalue weighted by atomic mass is 35.5. The number of nitrogens with one attached hydrogen (secondary N) is 1. The number of ether oxygens (including phenoxy) is 1. The first-order chi connectivity index (χ1) is 16.0. The van der Waals surface area contributed by atoms with Gasteiger partial charge in [0.2, 0.25) is 0 Å². The molecule has 0 bridgehead atoms. The molecule has 0 unspecified atom stereocenters. The third-order valence-corrected chi connectivity index (χ3v) is 5.79. The molecule has 0 fully saturated rings. The SMILES string of the molecule is O=C(Nc1ccc(OC(F)F)c(Cl)c1)c1ccccc1SCc1nnnn1-c1ccccc1. The molecule has 1 N–H and O–H groups in total. The summed E-state index contributed by atoms with van der Waals surface area (Å²) in [4.78, 5) is 13.6. The molecule has 1 amide bonds. The lowest BCUT2D eigenvalue weighted by Gasteiger charge is -2.12. The van der Waals surface area contributed by atoms with E-state index in [4.69, 9.17) is 11.6 Å². The van der Waals surface area contributed by atoms with Crippen molar-refractivity contribution < 1.29 is 18.3 Å². The molecule has 4 rings (SSSR count). The number of hydrogen-bond acceptors (Lipinski definition) is 6. The van der Waals surface area contributed by atoms with Gasteiger partial charge in [0.25, 0.3) is 5.91 Å². The third-order valence-electron chi connectivity index (χ3n) is 4.43. The first-order valence-electron chi connectivity index (χ1n) is 9.61. The molecule has 1 aromatic heterocycles. The van der Waals surface area contributed by atoms with E-state index in [1.807, 2.05) is 42.5 Å². The molecule has 4 aromatic rings. The number of nitrogens with zero attached hydrogens (tertiary/aromatic N) is 4. The molecule has 0 spiro atoms. The highest BCUT2D eigenvalue weighted by Gasteiger charge is 2.16. The lowest BCUT2D eigenvalue weighted by Crippen LogP contribution is -2.13. The number of anilines is 1. The molecule has 11 heteroatoms. The summed E-state index contributed by atoms with van der Waals surface area (Å²) in [6.07, 6.45) is 0. The lowest BCUT2D eigenvalue weighted by molar-refractivity contribution is -0.0497. The Morgan fingerprint density at radius 1 is 1.09 bits per heavy atom. The molecule has 0 aliphatic rings. The first-order valence-corrected chi connectivity index (χ1v) is 11.0. The van der Waals surface area contributed by atoms with E-state index < -0.39 is 6.61 Å². The number of halogens is 3. The van der Waals surface area contributed by atoms with E-state index in [1.54, 1.807) is 16.8 Å². The predicted molar refractivity (Wildman–Crippen MR) is 121 cm³/mol. The molecule has 7 nitrogen and oxygen atoms in total. The summed E-state index contributed by atoms with van der Waals surface area (Å²) in [5.41, 5.74) is 1.62. The molecule has 0 aliphatic carbocycles. The second-order valence-corrected chi connectivity index (χ2v) is 8.03. The molecule has 0 aliphatic heterocycles. The molecule has 0 atom stereocenters. The predicted octanol–water partition coefficient (Wildman–Crippen LogP) is 5.46. The van der Waals surface area contributed by atoms with Gasteiger partial charge in [-0.1, -0.05) is 41.9 Å². The van der Waals surface area contributed by atoms with Crippen LogP contribution in [0.1, 0.15) is 16.2 Å². The van der Waals surface area contributed by atoms with Gasteiger partial charge < -0.3 is 10.1 Å². The largest absolute Gasteiger partial charge is 0.433 e. The zero-order valence-corrected chi connectivity index (χ0v) is 18.4. The van der Waals surface area contributed by atoms with E-state index in [1.165, 1.54) is 30.0 Å². The average Bonchev–Trinajstić information content (AvgIpc) is 3.29. The summed E-state index contributed by atoms with van der Waals surface area (Å²) in [5, 5.41) is 14.6. The van der Waals surface area contributed by atoms with Gasteiger partial charge in [0.15, 0.2) is 5.82 Å². The number of benzene rings is 3. The highest BCUT2D eigenvalue weighted by Crippen LogP contribution is 2.30. The Labute approximate surface area is 196 Å². The number of hydrogen-bond donors (Lipinski definition) is 1. The Balaban J connectivity index is 1.48. The molecule has 168 valence electrons. The number of thioether (sulfide) groups is 1. The number of carbonyl (C=O) groups is 1. The van der Waals surface area contributed by atoms with Crippen LogP contribution in [0.15, 0.2) is 77.7 Å². The van der Waals surface area contributed by atoms with Gasteiger partial charge in [-0.2, -0.15) is 13.5 Å². The van der Waals surface area contributed by atoms with Crippen molar-refractivity contribution in [3.63, 3.8) is 0 Å². The molecule has 3 aromatic carbocycles. The third kappa shape index (κ3) is 5.65. The summed E-state index contributed by atoms with van der Waals surface area (Å²) in [5.74, 6) is 0.511. The summed E-state index contributed by atoms with van der Waals surface area (Å²) >= 11 is 7.38. The molecule has 0 saturated heterocycles. The van der Waals surface area contributed by atoms with Crippen LogP contribution < -0.4 is 10.1 Å². The van der Waals surface area contributed by atoms with Crippen LogP contribution in [0.4, 0.5) is 14.5 Å². The normalized spacial score (nSPS) is 10.9. The minimum atomic E-state index is -2.99. The van der Waals surface area contributed by atoms with Crippen LogP contribution in [0.3, 0.4) is 0 Å². The number of para-hydroxylation sites is 1. The van der Waals surface area contributed by atoms with Crippen molar-refractivity contribution in [3.8, 4) is 11.4 Å². The van der Waals surface area contributed by atoms with Crippen LogP contribution in [-0.2, 0) is 5.75 Å². The van der Waals surface area contributed by atoms with Gasteiger partial charge in [-0.05, 0) is 52.9 Å². The maximum Gasteiger partial charge on any atom is 0.387 e. The van der Waals surface area contributed by atoms with Crippen molar-refractivity contribution in [3.05, 3.63) is 89.2 Å². The highest BCUT2D eigenvalue weighted by molar-refractivity contribution is 7.98. The Morgan fingerprint density at radius 3 is 2.61 bits per heavy atom. The summed E-state index contributed by atoms with van der Waals surface area (Å²) in [7, 11) is 0. The van der Waals surface area contributed by atoms with Gasteiger partial charge in [0.05, 0.1) is 22.0 Å². The number of rotatable bonds is 8. The fraction of sp³-hybridized carbons (Fsp3) is 0.0909. The monoisotopic (exact) mass is 487 g/mol. The molecular formula is C22H16ClF2N5O2S. The van der Waals surface area contributed by atoms with E-state index in [0.29, 0.717) is 22.8 Å². The second-order valence-electron chi connectivity index (χ2n) is 6.61. The summed E-state index contributed by atoms with van der Waals surface area (Å²) in [6, 6.07) is 20.6. The van der Waals surface area contributed by atoms with Gasteiger partial charge in [-0.3, -0.25) is 4.79 Å². The number of aromatic nitrogens is 4. The van der Waals surface area contributed by atoms with E-state index >= 15 is 0 Å². The number of amides is 1. The minimum Gasteiger partial charge on any atom is -0.433 e. The zero-order valence-electron chi connectivity index (χ0n) is 16.9. The Morgan fingerprint density at radius 2 is 1.85 bits per heavy atom. The van der Waals surface area contributed by atoms with Crippen LogP contribution in [0, 0.1) is 0 Å². The van der Waals surface area contributed by atoms with Crippen LogP contribution in [-0.4, -0.2) is 32.7 Å². The van der Waals surface area contributed by atoms with Crippen molar-refractivity contribution in [2.75, 3.05) is 5.32 Å². The van der Waals surface area contributed by atoms with Crippen molar-refractivity contribution >= 4 is 35.0 Å². The van der Waals surface area contributed by atoms with E-state index in [0.717, 1.165) is 10.6 Å². The summed E-state index contributed by atoms with van der Waals surface area (Å²) < 4.78 is 30.8. The van der Waals surface area contributed by atoms with Crippen LogP contribution in [0.5, 0.6) is 5.75 Å². The van der Waals surface area contributed by atoms with Gasteiger partial charge in [-0.15, -0.1) is 16.9 Å². The first kappa shape index (κ1) is 22.7. The smallest absolute Gasteiger partial charge is 0.387 e. The fourth-order valence-electron chi connectivity index (χ4n) is 2.96. The molecule has 0 radical (unpaired) electrons. The molecule has 0 saturated carbocycles. The van der Waals surface area contributed by atoms with E-state index in [2.05, 4.69) is 25.6 Å². The van der Waals surface area contributed by atoms with E-state index in [9.17, 15) is 13.6 Å². The number of tetrazole rings is 1. The van der Waals surface area contributed by atoms with Gasteiger partial charge >= 0.3 is 6.61 Å². The van der Waals surface area contributed by atoms with Crippen molar-refractivity contribution in [1.82, 2.24) is 20.2 Å². The Hall–Kier alpha value is -3.50. The standard InChI is InChI=1S/C22H16ClF2N5O2S/c23-17-12-14(10-11-18(17)32-22(24)25)26-21(31)16-8-4-5-9-19(16)33-13-20-27-28-29-30(20)15-6-2-1-3-7-15/h1-12,22H,13H2,(H,26,31). The van der Waals surface area contributed by atoms with Gasteiger partial charge in [-0.25, -0.2) is 0 Å². The zero-order chi connectivity index (χ0) is 23.2.